The molecule has 0 fully saturated rings. The van der Waals surface area contributed by atoms with E-state index in [2.05, 4.69) is 34.3 Å². The van der Waals surface area contributed by atoms with Gasteiger partial charge >= 0.3 is 11.6 Å². The summed E-state index contributed by atoms with van der Waals surface area (Å²) in [6, 6.07) is 0. The molecule has 0 aliphatic carbocycles. The van der Waals surface area contributed by atoms with Gasteiger partial charge in [-0.3, -0.25) is 9.88 Å². The zero-order valence-electron chi connectivity index (χ0n) is 8.49. The van der Waals surface area contributed by atoms with Crippen molar-refractivity contribution in [2.75, 3.05) is 0 Å². The average Bonchev–Trinajstić information content (AvgIpc) is 2.34. The Labute approximate surface area is 107 Å². The quantitative estimate of drug-likeness (QED) is 0.566. The second-order valence-corrected chi connectivity index (χ2v) is 3.76. The fourth-order valence-corrected chi connectivity index (χ4v) is 1.41. The molecular weight excluding hydrogens is 313 g/mol. The molecule has 0 aliphatic heterocycles. The van der Waals surface area contributed by atoms with E-state index in [9.17, 15) is 31.0 Å². The maximum absolute atomic E-state index is 13.8. The molecule has 0 saturated heterocycles. The molecule has 2 nitrogen and oxygen atoms in total. The van der Waals surface area contributed by atoms with Crippen molar-refractivity contribution in [1.29, 1.82) is 0 Å². The summed E-state index contributed by atoms with van der Waals surface area (Å²) >= 11 is 7.22. The molecule has 0 rings (SSSR count). The summed E-state index contributed by atoms with van der Waals surface area (Å²) in [6.07, 6.45) is -1.50. The van der Waals surface area contributed by atoms with Crippen LogP contribution in [-0.2, 0) is 9.88 Å². The Balaban J connectivity index is 5.94. The average molecular weight is 318 g/mol. The summed E-state index contributed by atoms with van der Waals surface area (Å²) in [4.78, 5) is 4.81. The highest BCUT2D eigenvalue weighted by Gasteiger charge is 2.76. The van der Waals surface area contributed by atoms with Crippen LogP contribution < -0.4 is 0 Å². The lowest BCUT2D eigenvalue weighted by Gasteiger charge is -2.35. The monoisotopic (exact) mass is 318 g/mol. The van der Waals surface area contributed by atoms with Crippen molar-refractivity contribution < 1.29 is 40.9 Å². The summed E-state index contributed by atoms with van der Waals surface area (Å²) in [6.45, 7) is 0.616. The second-order valence-electron chi connectivity index (χ2n) is 3.02. The summed E-state index contributed by atoms with van der Waals surface area (Å²) < 4.78 is 90.1. The predicted octanol–water partition coefficient (Wildman–Crippen LogP) is 3.83. The first-order valence-corrected chi connectivity index (χ1v) is 4.95. The smallest absolute Gasteiger partial charge is 0.283 e. The van der Waals surface area contributed by atoms with Crippen LogP contribution >= 0.6 is 24.4 Å². The Bertz CT molecular complexity index is 349. The van der Waals surface area contributed by atoms with E-state index in [1.54, 1.807) is 0 Å². The van der Waals surface area contributed by atoms with E-state index in [1.165, 1.54) is 0 Å². The number of alkyl halides is 5. The van der Waals surface area contributed by atoms with Gasteiger partial charge in [-0.25, -0.2) is 13.2 Å². The molecule has 0 spiro atoms. The molecule has 18 heavy (non-hydrogen) atoms. The summed E-state index contributed by atoms with van der Waals surface area (Å²) in [5.41, 5.74) is -5.16. The molecule has 0 radical (unpaired) electrons. The Morgan fingerprint density at radius 2 is 1.33 bits per heavy atom. The first-order chi connectivity index (χ1) is 8.02. The van der Waals surface area contributed by atoms with Crippen LogP contribution in [0.5, 0.6) is 0 Å². The van der Waals surface area contributed by atoms with Crippen molar-refractivity contribution in [2.45, 2.75) is 30.9 Å². The minimum atomic E-state index is -5.42. The van der Waals surface area contributed by atoms with Crippen molar-refractivity contribution >= 4 is 34.5 Å². The highest BCUT2D eigenvalue weighted by molar-refractivity contribution is 7.80. The maximum atomic E-state index is 13.8. The SMILES string of the molecule is CCC(F)(F)C(F)(C(=S)OF)C(F)(F)C(=S)OF. The van der Waals surface area contributed by atoms with Crippen LogP contribution in [0.4, 0.5) is 31.0 Å². The van der Waals surface area contributed by atoms with Gasteiger partial charge in [-0.1, -0.05) is 6.92 Å². The van der Waals surface area contributed by atoms with Gasteiger partial charge in [0, 0.05) is 15.5 Å². The van der Waals surface area contributed by atoms with Crippen molar-refractivity contribution in [3.63, 3.8) is 0 Å². The van der Waals surface area contributed by atoms with Gasteiger partial charge in [-0.05, 0) is 24.4 Å². The number of rotatable bonds is 5. The largest absolute Gasteiger partial charge is 0.366 e. The minimum Gasteiger partial charge on any atom is -0.283 e. The fourth-order valence-electron chi connectivity index (χ4n) is 0.993. The lowest BCUT2D eigenvalue weighted by molar-refractivity contribution is -0.211. The fraction of sp³-hybridized carbons (Fsp3) is 0.714. The zero-order chi connectivity index (χ0) is 14.8. The van der Waals surface area contributed by atoms with Crippen molar-refractivity contribution in [3.8, 4) is 0 Å². The number of hydrogen-bond acceptors (Lipinski definition) is 4. The van der Waals surface area contributed by atoms with E-state index < -0.39 is 34.0 Å². The van der Waals surface area contributed by atoms with E-state index in [1.807, 2.05) is 0 Å². The molecule has 1 unspecified atom stereocenters. The third kappa shape index (κ3) is 2.37. The lowest BCUT2D eigenvalue weighted by atomic mass is 9.89. The lowest BCUT2D eigenvalue weighted by Crippen LogP contribution is -2.64. The van der Waals surface area contributed by atoms with Gasteiger partial charge in [-0.2, -0.15) is 8.78 Å². The van der Waals surface area contributed by atoms with Crippen LogP contribution in [0, 0.1) is 0 Å². The molecule has 0 aliphatic rings. The summed E-state index contributed by atoms with van der Waals surface area (Å²) in [7, 11) is 0. The van der Waals surface area contributed by atoms with E-state index in [0.29, 0.717) is 6.92 Å². The van der Waals surface area contributed by atoms with Crippen LogP contribution in [0.3, 0.4) is 0 Å². The van der Waals surface area contributed by atoms with E-state index >= 15 is 0 Å². The topological polar surface area (TPSA) is 18.5 Å². The Morgan fingerprint density at radius 3 is 1.61 bits per heavy atom. The van der Waals surface area contributed by atoms with E-state index in [0.717, 1.165) is 0 Å². The summed E-state index contributed by atoms with van der Waals surface area (Å²) in [5.74, 6) is -10.3. The standard InChI is InChI=1S/C7H5F7O2S2/c1-2-5(8,9)6(10,3(17)15-13)7(11,12)4(18)16-14/h2H2,1H3. The molecule has 0 aromatic carbocycles. The molecule has 0 aromatic heterocycles. The molecule has 0 aromatic rings. The third-order valence-electron chi connectivity index (χ3n) is 2.06. The Kier molecular flexibility index (Phi) is 5.29. The molecule has 11 heteroatoms. The molecule has 0 bridgehead atoms. The number of thiocarbonyl (C=S) groups is 2. The van der Waals surface area contributed by atoms with Crippen LogP contribution in [-0.4, -0.2) is 27.6 Å². The van der Waals surface area contributed by atoms with Crippen LogP contribution in [0.2, 0.25) is 0 Å². The molecule has 106 valence electrons. The van der Waals surface area contributed by atoms with Crippen molar-refractivity contribution in [3.05, 3.63) is 0 Å². The van der Waals surface area contributed by atoms with E-state index in [-0.39, 0.29) is 0 Å². The Hall–Kier alpha value is -0.710. The number of halogens is 7. The normalized spacial score (nSPS) is 15.8. The van der Waals surface area contributed by atoms with Gasteiger partial charge in [0.05, 0.1) is 0 Å². The predicted molar refractivity (Wildman–Crippen MR) is 53.6 cm³/mol. The van der Waals surface area contributed by atoms with Crippen LogP contribution in [0.15, 0.2) is 0 Å². The highest BCUT2D eigenvalue weighted by atomic mass is 32.1. The molecule has 0 amide bonds. The molecule has 1 atom stereocenters. The molecule has 0 saturated carbocycles. The first kappa shape index (κ1) is 17.3. The highest BCUT2D eigenvalue weighted by Crippen LogP contribution is 2.48. The maximum Gasteiger partial charge on any atom is 0.366 e. The molecule has 0 heterocycles. The summed E-state index contributed by atoms with van der Waals surface area (Å²) in [5, 5.41) is -4.88. The third-order valence-corrected chi connectivity index (χ3v) is 2.72. The van der Waals surface area contributed by atoms with Gasteiger partial charge in [0.2, 0.25) is 0 Å². The van der Waals surface area contributed by atoms with Crippen molar-refractivity contribution in [2.24, 2.45) is 0 Å². The number of hydrogen-bond donors (Lipinski definition) is 0. The van der Waals surface area contributed by atoms with Gasteiger partial charge < -0.3 is 0 Å². The van der Waals surface area contributed by atoms with Crippen LogP contribution in [0.1, 0.15) is 13.3 Å². The van der Waals surface area contributed by atoms with Gasteiger partial charge in [-0.15, -0.1) is 0 Å². The van der Waals surface area contributed by atoms with Gasteiger partial charge in [0.15, 0.2) is 0 Å². The molecule has 0 N–H and O–H groups in total. The molecular formula is C7H5F7O2S2. The zero-order valence-corrected chi connectivity index (χ0v) is 10.1. The first-order valence-electron chi connectivity index (χ1n) is 4.13. The Morgan fingerprint density at radius 1 is 0.944 bits per heavy atom. The van der Waals surface area contributed by atoms with Gasteiger partial charge in [0.1, 0.15) is 0 Å². The van der Waals surface area contributed by atoms with E-state index in [4.69, 9.17) is 0 Å². The van der Waals surface area contributed by atoms with Gasteiger partial charge in [0.25, 0.3) is 16.0 Å². The second kappa shape index (κ2) is 5.51. The van der Waals surface area contributed by atoms with Crippen LogP contribution in [0.25, 0.3) is 0 Å². The van der Waals surface area contributed by atoms with Crippen molar-refractivity contribution in [1.82, 2.24) is 0 Å². The minimum absolute atomic E-state index is 0.616.